The molecule has 0 N–H and O–H groups in total. The first kappa shape index (κ1) is 8.27. The zero-order valence-electron chi connectivity index (χ0n) is 7.23. The largest absolute Gasteiger partial charge is 0.368 e. The highest BCUT2D eigenvalue weighted by Crippen LogP contribution is 2.35. The molecule has 64 valence electrons. The molecule has 1 atom stereocenters. The standard InChI is InChI=1S/C10H11BrO/c1-6-3-4-8(9-5-12-9)7(2)10(6)11/h3-4,9H,5H2,1-2H3/t9-/m0/s1. The van der Waals surface area contributed by atoms with E-state index in [2.05, 4.69) is 41.9 Å². The smallest absolute Gasteiger partial charge is 0.106 e. The summed E-state index contributed by atoms with van der Waals surface area (Å²) in [5.41, 5.74) is 3.93. The molecule has 1 nitrogen and oxygen atoms in total. The van der Waals surface area contributed by atoms with E-state index in [0.717, 1.165) is 6.61 Å². The molecule has 1 saturated heterocycles. The van der Waals surface area contributed by atoms with Crippen LogP contribution in [-0.2, 0) is 4.74 Å². The van der Waals surface area contributed by atoms with Crippen molar-refractivity contribution in [2.75, 3.05) is 6.61 Å². The molecular formula is C10H11BrO. The van der Waals surface area contributed by atoms with Crippen LogP contribution in [-0.4, -0.2) is 6.61 Å². The van der Waals surface area contributed by atoms with Crippen LogP contribution in [0.5, 0.6) is 0 Å². The molecule has 1 aromatic rings. The van der Waals surface area contributed by atoms with Gasteiger partial charge in [0.2, 0.25) is 0 Å². The van der Waals surface area contributed by atoms with Gasteiger partial charge in [0.1, 0.15) is 6.10 Å². The number of halogens is 1. The molecule has 0 bridgehead atoms. The number of aryl methyl sites for hydroxylation is 1. The Kier molecular flexibility index (Phi) is 1.97. The summed E-state index contributed by atoms with van der Waals surface area (Å²) in [6, 6.07) is 4.29. The second kappa shape index (κ2) is 2.86. The lowest BCUT2D eigenvalue weighted by molar-refractivity contribution is 0.415. The van der Waals surface area contributed by atoms with Crippen LogP contribution in [0, 0.1) is 13.8 Å². The lowest BCUT2D eigenvalue weighted by Crippen LogP contribution is -1.90. The fourth-order valence-electron chi connectivity index (χ4n) is 1.41. The number of hydrogen-bond donors (Lipinski definition) is 0. The van der Waals surface area contributed by atoms with Gasteiger partial charge in [-0.05, 0) is 30.5 Å². The quantitative estimate of drug-likeness (QED) is 0.671. The van der Waals surface area contributed by atoms with E-state index in [1.54, 1.807) is 0 Å². The minimum atomic E-state index is 0.363. The summed E-state index contributed by atoms with van der Waals surface area (Å²) in [4.78, 5) is 0. The Hall–Kier alpha value is -0.340. The number of rotatable bonds is 1. The Balaban J connectivity index is 2.49. The highest BCUT2D eigenvalue weighted by atomic mass is 79.9. The summed E-state index contributed by atoms with van der Waals surface area (Å²) in [7, 11) is 0. The first-order valence-electron chi connectivity index (χ1n) is 4.07. The van der Waals surface area contributed by atoms with E-state index in [-0.39, 0.29) is 0 Å². The number of ether oxygens (including phenoxy) is 1. The summed E-state index contributed by atoms with van der Waals surface area (Å²) in [5, 5.41) is 0. The molecule has 0 saturated carbocycles. The molecule has 1 aliphatic rings. The SMILES string of the molecule is Cc1ccc([C@@H]2CO2)c(C)c1Br. The second-order valence-electron chi connectivity index (χ2n) is 3.23. The van der Waals surface area contributed by atoms with Crippen LogP contribution in [0.15, 0.2) is 16.6 Å². The molecule has 2 heteroatoms. The second-order valence-corrected chi connectivity index (χ2v) is 4.03. The van der Waals surface area contributed by atoms with Crippen molar-refractivity contribution in [3.63, 3.8) is 0 Å². The maximum Gasteiger partial charge on any atom is 0.106 e. The Morgan fingerprint density at radius 2 is 2.08 bits per heavy atom. The fourth-order valence-corrected chi connectivity index (χ4v) is 1.77. The van der Waals surface area contributed by atoms with E-state index in [0.29, 0.717) is 6.10 Å². The Morgan fingerprint density at radius 1 is 1.42 bits per heavy atom. The highest BCUT2D eigenvalue weighted by molar-refractivity contribution is 9.10. The Labute approximate surface area is 80.9 Å². The van der Waals surface area contributed by atoms with Crippen molar-refractivity contribution in [1.29, 1.82) is 0 Å². The topological polar surface area (TPSA) is 12.5 Å². The molecule has 1 fully saturated rings. The molecule has 1 aliphatic heterocycles. The predicted molar refractivity (Wildman–Crippen MR) is 52.3 cm³/mol. The number of hydrogen-bond acceptors (Lipinski definition) is 1. The van der Waals surface area contributed by atoms with E-state index >= 15 is 0 Å². The zero-order valence-corrected chi connectivity index (χ0v) is 8.81. The average molecular weight is 227 g/mol. The first-order chi connectivity index (χ1) is 5.70. The Bertz CT molecular complexity index is 316. The van der Waals surface area contributed by atoms with Crippen molar-refractivity contribution in [3.05, 3.63) is 33.3 Å². The van der Waals surface area contributed by atoms with E-state index in [9.17, 15) is 0 Å². The van der Waals surface area contributed by atoms with Crippen molar-refractivity contribution >= 4 is 15.9 Å². The van der Waals surface area contributed by atoms with E-state index in [1.807, 2.05) is 0 Å². The lowest BCUT2D eigenvalue weighted by atomic mass is 10.0. The van der Waals surface area contributed by atoms with Gasteiger partial charge in [0, 0.05) is 4.47 Å². The lowest BCUT2D eigenvalue weighted by Gasteiger charge is -2.06. The van der Waals surface area contributed by atoms with Crippen LogP contribution >= 0.6 is 15.9 Å². The summed E-state index contributed by atoms with van der Waals surface area (Å²) >= 11 is 3.57. The third kappa shape index (κ3) is 1.29. The highest BCUT2D eigenvalue weighted by Gasteiger charge is 2.26. The maximum atomic E-state index is 5.25. The van der Waals surface area contributed by atoms with E-state index in [1.165, 1.54) is 21.2 Å². The van der Waals surface area contributed by atoms with Gasteiger partial charge in [0.25, 0.3) is 0 Å². The minimum absolute atomic E-state index is 0.363. The van der Waals surface area contributed by atoms with Crippen LogP contribution in [0.25, 0.3) is 0 Å². The van der Waals surface area contributed by atoms with Gasteiger partial charge in [-0.3, -0.25) is 0 Å². The maximum absolute atomic E-state index is 5.25. The minimum Gasteiger partial charge on any atom is -0.368 e. The molecular weight excluding hydrogens is 216 g/mol. The van der Waals surface area contributed by atoms with Gasteiger partial charge in [0.05, 0.1) is 6.61 Å². The van der Waals surface area contributed by atoms with Gasteiger partial charge in [0.15, 0.2) is 0 Å². The van der Waals surface area contributed by atoms with Crippen LogP contribution in [0.4, 0.5) is 0 Å². The third-order valence-corrected chi connectivity index (χ3v) is 3.52. The molecule has 2 rings (SSSR count). The van der Waals surface area contributed by atoms with Crippen molar-refractivity contribution in [2.24, 2.45) is 0 Å². The molecule has 0 aliphatic carbocycles. The molecule has 1 heterocycles. The van der Waals surface area contributed by atoms with Crippen molar-refractivity contribution in [3.8, 4) is 0 Å². The monoisotopic (exact) mass is 226 g/mol. The Morgan fingerprint density at radius 3 is 2.67 bits per heavy atom. The van der Waals surface area contributed by atoms with Crippen LogP contribution in [0.2, 0.25) is 0 Å². The molecule has 0 spiro atoms. The van der Waals surface area contributed by atoms with Crippen molar-refractivity contribution < 1.29 is 4.74 Å². The van der Waals surface area contributed by atoms with E-state index < -0.39 is 0 Å². The van der Waals surface area contributed by atoms with E-state index in [4.69, 9.17) is 4.74 Å². The summed E-state index contributed by atoms with van der Waals surface area (Å²) in [6.07, 6.45) is 0.363. The number of epoxide rings is 1. The van der Waals surface area contributed by atoms with Crippen LogP contribution in [0.3, 0.4) is 0 Å². The average Bonchev–Trinajstić information content (AvgIpc) is 2.84. The molecule has 12 heavy (non-hydrogen) atoms. The van der Waals surface area contributed by atoms with Crippen molar-refractivity contribution in [1.82, 2.24) is 0 Å². The van der Waals surface area contributed by atoms with Crippen molar-refractivity contribution in [2.45, 2.75) is 20.0 Å². The summed E-state index contributed by atoms with van der Waals surface area (Å²) in [5.74, 6) is 0. The molecule has 1 aromatic carbocycles. The van der Waals surface area contributed by atoms with Gasteiger partial charge in [-0.25, -0.2) is 0 Å². The molecule has 0 radical (unpaired) electrons. The summed E-state index contributed by atoms with van der Waals surface area (Å²) in [6.45, 7) is 5.12. The molecule has 0 unspecified atom stereocenters. The third-order valence-electron chi connectivity index (χ3n) is 2.30. The number of benzene rings is 1. The van der Waals surface area contributed by atoms with Crippen LogP contribution in [0.1, 0.15) is 22.8 Å². The van der Waals surface area contributed by atoms with Gasteiger partial charge in [-0.2, -0.15) is 0 Å². The van der Waals surface area contributed by atoms with Gasteiger partial charge in [-0.1, -0.05) is 28.1 Å². The fraction of sp³-hybridized carbons (Fsp3) is 0.400. The van der Waals surface area contributed by atoms with Gasteiger partial charge < -0.3 is 4.74 Å². The zero-order chi connectivity index (χ0) is 8.72. The molecule has 0 aromatic heterocycles. The van der Waals surface area contributed by atoms with Gasteiger partial charge in [-0.15, -0.1) is 0 Å². The normalized spacial score (nSPS) is 21.1. The first-order valence-corrected chi connectivity index (χ1v) is 4.86. The predicted octanol–water partition coefficient (Wildman–Crippen LogP) is 3.14. The summed E-state index contributed by atoms with van der Waals surface area (Å²) < 4.78 is 6.47. The van der Waals surface area contributed by atoms with Crippen LogP contribution < -0.4 is 0 Å². The van der Waals surface area contributed by atoms with Gasteiger partial charge >= 0.3 is 0 Å². The molecule has 0 amide bonds.